The van der Waals surface area contributed by atoms with Crippen LogP contribution in [0.1, 0.15) is 33.1 Å². The van der Waals surface area contributed by atoms with Crippen molar-refractivity contribution in [2.45, 2.75) is 45.2 Å². The fourth-order valence-corrected chi connectivity index (χ4v) is 1.57. The zero-order chi connectivity index (χ0) is 13.1. The number of nitrogens with one attached hydrogen (secondary N) is 2. The van der Waals surface area contributed by atoms with Gasteiger partial charge in [-0.25, -0.2) is 0 Å². The van der Waals surface area contributed by atoms with Crippen molar-refractivity contribution in [3.05, 3.63) is 0 Å². The summed E-state index contributed by atoms with van der Waals surface area (Å²) < 4.78 is 4.90. The van der Waals surface area contributed by atoms with E-state index < -0.39 is 0 Å². The minimum absolute atomic E-state index is 0.00232. The normalized spacial score (nSPS) is 14.4. The van der Waals surface area contributed by atoms with Gasteiger partial charge in [0.1, 0.15) is 0 Å². The van der Waals surface area contributed by atoms with E-state index in [-0.39, 0.29) is 24.6 Å². The molecule has 0 aromatic carbocycles. The Balaban J connectivity index is 3.78. The molecule has 3 N–H and O–H groups in total. The average molecular weight is 246 g/mol. The molecule has 0 aliphatic rings. The molecule has 0 rings (SSSR count). The second kappa shape index (κ2) is 10.5. The molecule has 2 atom stereocenters. The van der Waals surface area contributed by atoms with E-state index in [0.717, 1.165) is 12.8 Å². The minimum atomic E-state index is -0.228. The molecular weight excluding hydrogens is 220 g/mol. The van der Waals surface area contributed by atoms with E-state index in [4.69, 9.17) is 9.84 Å². The maximum absolute atomic E-state index is 11.7. The van der Waals surface area contributed by atoms with Gasteiger partial charge in [0.15, 0.2) is 0 Å². The number of hydrogen-bond acceptors (Lipinski definition) is 4. The Labute approximate surface area is 104 Å². The van der Waals surface area contributed by atoms with Gasteiger partial charge in [0.2, 0.25) is 5.91 Å². The molecule has 0 fully saturated rings. The number of aliphatic hydroxyl groups excluding tert-OH is 1. The Bertz CT molecular complexity index is 200. The summed E-state index contributed by atoms with van der Waals surface area (Å²) in [6.07, 6.45) is 2.41. The van der Waals surface area contributed by atoms with E-state index in [2.05, 4.69) is 10.6 Å². The van der Waals surface area contributed by atoms with Crippen molar-refractivity contribution in [3.63, 3.8) is 0 Å². The molecule has 5 heteroatoms. The lowest BCUT2D eigenvalue weighted by atomic mass is 10.1. The van der Waals surface area contributed by atoms with Gasteiger partial charge in [-0.05, 0) is 26.2 Å². The van der Waals surface area contributed by atoms with Crippen molar-refractivity contribution in [3.8, 4) is 0 Å². The van der Waals surface area contributed by atoms with Crippen molar-refractivity contribution in [1.82, 2.24) is 10.6 Å². The molecule has 17 heavy (non-hydrogen) atoms. The molecule has 0 aliphatic heterocycles. The number of carbonyl (C=O) groups excluding carboxylic acids is 1. The standard InChI is InChI=1S/C12H26N2O3/c1-4-11(6-8-15)14-10(2)12(16)13-7-5-9-17-3/h10-11,14-15H,4-9H2,1-3H3,(H,13,16). The monoisotopic (exact) mass is 246 g/mol. The first-order valence-corrected chi connectivity index (χ1v) is 6.29. The van der Waals surface area contributed by atoms with Crippen LogP contribution in [0.25, 0.3) is 0 Å². The lowest BCUT2D eigenvalue weighted by Crippen LogP contribution is -2.47. The van der Waals surface area contributed by atoms with Gasteiger partial charge in [0.25, 0.3) is 0 Å². The SMILES string of the molecule is CCC(CCO)NC(C)C(=O)NCCCOC. The van der Waals surface area contributed by atoms with Crippen molar-refractivity contribution >= 4 is 5.91 Å². The molecule has 0 radical (unpaired) electrons. The molecule has 0 spiro atoms. The maximum Gasteiger partial charge on any atom is 0.236 e. The molecule has 1 amide bonds. The average Bonchev–Trinajstić information content (AvgIpc) is 2.33. The van der Waals surface area contributed by atoms with Crippen LogP contribution in [0, 0.1) is 0 Å². The van der Waals surface area contributed by atoms with Crippen molar-refractivity contribution in [2.24, 2.45) is 0 Å². The molecule has 0 saturated heterocycles. The Morgan fingerprint density at radius 2 is 2.18 bits per heavy atom. The highest BCUT2D eigenvalue weighted by Gasteiger charge is 2.15. The summed E-state index contributed by atoms with van der Waals surface area (Å²) in [5.74, 6) is -0.00232. The first kappa shape index (κ1) is 16.4. The Kier molecular flexibility index (Phi) is 10.1. The van der Waals surface area contributed by atoms with Gasteiger partial charge in [0.05, 0.1) is 6.04 Å². The summed E-state index contributed by atoms with van der Waals surface area (Å²) in [6.45, 7) is 5.32. The smallest absolute Gasteiger partial charge is 0.236 e. The van der Waals surface area contributed by atoms with Gasteiger partial charge in [0, 0.05) is 32.9 Å². The summed E-state index contributed by atoms with van der Waals surface area (Å²) in [7, 11) is 1.65. The number of rotatable bonds is 10. The fourth-order valence-electron chi connectivity index (χ4n) is 1.57. The lowest BCUT2D eigenvalue weighted by Gasteiger charge is -2.21. The molecule has 102 valence electrons. The van der Waals surface area contributed by atoms with Crippen LogP contribution in [0.4, 0.5) is 0 Å². The second-order valence-electron chi connectivity index (χ2n) is 4.14. The van der Waals surface area contributed by atoms with Crippen molar-refractivity contribution < 1.29 is 14.6 Å². The topological polar surface area (TPSA) is 70.6 Å². The van der Waals surface area contributed by atoms with Crippen LogP contribution in [0.5, 0.6) is 0 Å². The number of ether oxygens (including phenoxy) is 1. The van der Waals surface area contributed by atoms with Crippen LogP contribution in [0.3, 0.4) is 0 Å². The molecule has 5 nitrogen and oxygen atoms in total. The molecule has 0 heterocycles. The Morgan fingerprint density at radius 1 is 1.47 bits per heavy atom. The number of hydrogen-bond donors (Lipinski definition) is 3. The fraction of sp³-hybridized carbons (Fsp3) is 0.917. The summed E-state index contributed by atoms with van der Waals surface area (Å²) in [5.41, 5.74) is 0. The molecule has 0 bridgehead atoms. The van der Waals surface area contributed by atoms with Gasteiger partial charge in [-0.2, -0.15) is 0 Å². The third-order valence-electron chi connectivity index (χ3n) is 2.67. The first-order chi connectivity index (χ1) is 8.15. The van der Waals surface area contributed by atoms with Crippen LogP contribution in [0.15, 0.2) is 0 Å². The van der Waals surface area contributed by atoms with E-state index in [1.807, 2.05) is 13.8 Å². The summed E-state index contributed by atoms with van der Waals surface area (Å²) in [5, 5.41) is 14.9. The zero-order valence-electron chi connectivity index (χ0n) is 11.2. The highest BCUT2D eigenvalue weighted by Crippen LogP contribution is 1.98. The minimum Gasteiger partial charge on any atom is -0.396 e. The van der Waals surface area contributed by atoms with Crippen LogP contribution < -0.4 is 10.6 Å². The molecular formula is C12H26N2O3. The van der Waals surface area contributed by atoms with E-state index in [9.17, 15) is 4.79 Å². The number of methoxy groups -OCH3 is 1. The highest BCUT2D eigenvalue weighted by atomic mass is 16.5. The van der Waals surface area contributed by atoms with E-state index >= 15 is 0 Å². The summed E-state index contributed by atoms with van der Waals surface area (Å²) >= 11 is 0. The number of amides is 1. The molecule has 0 aliphatic carbocycles. The Morgan fingerprint density at radius 3 is 2.71 bits per heavy atom. The zero-order valence-corrected chi connectivity index (χ0v) is 11.2. The van der Waals surface area contributed by atoms with Gasteiger partial charge in [-0.15, -0.1) is 0 Å². The summed E-state index contributed by atoms with van der Waals surface area (Å²) in [4.78, 5) is 11.7. The number of carbonyl (C=O) groups is 1. The van der Waals surface area contributed by atoms with Crippen LogP contribution in [0.2, 0.25) is 0 Å². The largest absolute Gasteiger partial charge is 0.396 e. The third-order valence-corrected chi connectivity index (χ3v) is 2.67. The lowest BCUT2D eigenvalue weighted by molar-refractivity contribution is -0.123. The predicted molar refractivity (Wildman–Crippen MR) is 67.9 cm³/mol. The highest BCUT2D eigenvalue weighted by molar-refractivity contribution is 5.81. The van der Waals surface area contributed by atoms with Crippen LogP contribution in [-0.4, -0.2) is 50.0 Å². The molecule has 0 aromatic heterocycles. The van der Waals surface area contributed by atoms with Crippen LogP contribution in [-0.2, 0) is 9.53 Å². The molecule has 0 saturated carbocycles. The maximum atomic E-state index is 11.7. The van der Waals surface area contributed by atoms with Gasteiger partial charge >= 0.3 is 0 Å². The predicted octanol–water partition coefficient (Wildman–Crippen LogP) is 0.278. The number of aliphatic hydroxyl groups is 1. The van der Waals surface area contributed by atoms with Crippen molar-refractivity contribution in [1.29, 1.82) is 0 Å². The second-order valence-corrected chi connectivity index (χ2v) is 4.14. The van der Waals surface area contributed by atoms with Crippen LogP contribution >= 0.6 is 0 Å². The molecule has 2 unspecified atom stereocenters. The quantitative estimate of drug-likeness (QED) is 0.484. The van der Waals surface area contributed by atoms with E-state index in [1.165, 1.54) is 0 Å². The summed E-state index contributed by atoms with van der Waals surface area (Å²) in [6, 6.07) is -0.0335. The van der Waals surface area contributed by atoms with E-state index in [1.54, 1.807) is 7.11 Å². The van der Waals surface area contributed by atoms with Gasteiger partial charge in [-0.1, -0.05) is 6.92 Å². The van der Waals surface area contributed by atoms with Crippen molar-refractivity contribution in [2.75, 3.05) is 26.9 Å². The Hall–Kier alpha value is -0.650. The van der Waals surface area contributed by atoms with E-state index in [0.29, 0.717) is 19.6 Å². The molecule has 0 aromatic rings. The van der Waals surface area contributed by atoms with Gasteiger partial charge < -0.3 is 20.5 Å². The van der Waals surface area contributed by atoms with Gasteiger partial charge in [-0.3, -0.25) is 4.79 Å². The third kappa shape index (κ3) is 8.12. The first-order valence-electron chi connectivity index (χ1n) is 6.29.